The molecule has 6 nitrogen and oxygen atoms in total. The lowest BCUT2D eigenvalue weighted by Crippen LogP contribution is -2.39. The third-order valence-corrected chi connectivity index (χ3v) is 5.97. The van der Waals surface area contributed by atoms with Gasteiger partial charge in [0, 0.05) is 37.6 Å². The summed E-state index contributed by atoms with van der Waals surface area (Å²) in [5.41, 5.74) is 0.896. The van der Waals surface area contributed by atoms with Crippen molar-refractivity contribution in [1.82, 2.24) is 9.80 Å². The van der Waals surface area contributed by atoms with E-state index >= 15 is 0 Å². The van der Waals surface area contributed by atoms with Gasteiger partial charge in [0.05, 0.1) is 24.3 Å². The van der Waals surface area contributed by atoms with Crippen LogP contribution in [0, 0.1) is 11.6 Å². The molecule has 3 heterocycles. The van der Waals surface area contributed by atoms with E-state index in [1.807, 2.05) is 6.07 Å². The molecule has 1 aromatic heterocycles. The zero-order chi connectivity index (χ0) is 22.1. The Hall–Kier alpha value is -2.81. The number of benzene rings is 2. The van der Waals surface area contributed by atoms with Gasteiger partial charge in [0.15, 0.2) is 0 Å². The fourth-order valence-electron chi connectivity index (χ4n) is 4.34. The summed E-state index contributed by atoms with van der Waals surface area (Å²) >= 11 is 0. The van der Waals surface area contributed by atoms with Gasteiger partial charge in [-0.15, -0.1) is 0 Å². The van der Waals surface area contributed by atoms with Crippen molar-refractivity contribution >= 4 is 11.0 Å². The minimum absolute atomic E-state index is 0.120. The summed E-state index contributed by atoms with van der Waals surface area (Å²) in [5, 5.41) is 0.682. The lowest BCUT2D eigenvalue weighted by Gasteiger charge is -2.31. The second kappa shape index (κ2) is 8.97. The van der Waals surface area contributed by atoms with Crippen molar-refractivity contribution < 1.29 is 22.7 Å². The molecule has 0 amide bonds. The number of fused-ring (bicyclic) bond motifs is 3. The minimum atomic E-state index is -0.744. The summed E-state index contributed by atoms with van der Waals surface area (Å²) < 4.78 is 44.2. The second-order valence-electron chi connectivity index (χ2n) is 8.20. The van der Waals surface area contributed by atoms with Crippen molar-refractivity contribution in [2.45, 2.75) is 13.0 Å². The smallest absolute Gasteiger partial charge is 0.344 e. The van der Waals surface area contributed by atoms with E-state index in [2.05, 4.69) is 9.80 Å². The summed E-state index contributed by atoms with van der Waals surface area (Å²) in [4.78, 5) is 17.3. The highest BCUT2D eigenvalue weighted by atomic mass is 19.1. The average Bonchev–Trinajstić information content (AvgIpc) is 2.79. The summed E-state index contributed by atoms with van der Waals surface area (Å²) in [6, 6.07) is 8.28. The van der Waals surface area contributed by atoms with Crippen molar-refractivity contribution in [2.75, 3.05) is 46.1 Å². The van der Waals surface area contributed by atoms with Gasteiger partial charge in [0.25, 0.3) is 0 Å². The molecule has 1 fully saturated rings. The zero-order valence-corrected chi connectivity index (χ0v) is 17.6. The van der Waals surface area contributed by atoms with E-state index in [-0.39, 0.29) is 11.1 Å². The molecule has 0 spiro atoms. The number of nitrogens with zero attached hydrogens (tertiary/aromatic N) is 2. The maximum atomic E-state index is 13.6. The normalized spacial score (nSPS) is 17.3. The molecule has 0 saturated carbocycles. The quantitative estimate of drug-likeness (QED) is 0.563. The van der Waals surface area contributed by atoms with Crippen LogP contribution >= 0.6 is 0 Å². The van der Waals surface area contributed by atoms with Gasteiger partial charge in [-0.25, -0.2) is 13.6 Å². The Kier molecular flexibility index (Phi) is 5.91. The van der Waals surface area contributed by atoms with Gasteiger partial charge >= 0.3 is 5.63 Å². The van der Waals surface area contributed by atoms with Gasteiger partial charge in [-0.05, 0) is 48.9 Å². The van der Waals surface area contributed by atoms with E-state index in [9.17, 15) is 13.6 Å². The van der Waals surface area contributed by atoms with Crippen molar-refractivity contribution in [2.24, 2.45) is 0 Å². The fourth-order valence-corrected chi connectivity index (χ4v) is 4.34. The molecule has 2 aliphatic rings. The van der Waals surface area contributed by atoms with Crippen LogP contribution in [0.5, 0.6) is 5.75 Å². The molecule has 8 heteroatoms. The van der Waals surface area contributed by atoms with E-state index in [0.717, 1.165) is 69.6 Å². The Morgan fingerprint density at radius 1 is 0.938 bits per heavy atom. The Labute approximate surface area is 183 Å². The van der Waals surface area contributed by atoms with E-state index < -0.39 is 17.3 Å². The van der Waals surface area contributed by atoms with Gasteiger partial charge in [-0.2, -0.15) is 0 Å². The number of morpholine rings is 1. The molecule has 1 saturated heterocycles. The van der Waals surface area contributed by atoms with Gasteiger partial charge in [0.2, 0.25) is 0 Å². The van der Waals surface area contributed by atoms with Crippen LogP contribution in [0.15, 0.2) is 45.6 Å². The lowest BCUT2D eigenvalue weighted by atomic mass is 10.0. The molecule has 168 valence electrons. The predicted molar refractivity (Wildman–Crippen MR) is 116 cm³/mol. The van der Waals surface area contributed by atoms with E-state index in [1.165, 1.54) is 0 Å². The van der Waals surface area contributed by atoms with Gasteiger partial charge in [-0.3, -0.25) is 9.80 Å². The lowest BCUT2D eigenvalue weighted by molar-refractivity contribution is 0.0330. The monoisotopic (exact) mass is 442 g/mol. The molecule has 32 heavy (non-hydrogen) atoms. The van der Waals surface area contributed by atoms with E-state index in [4.69, 9.17) is 13.9 Å². The Morgan fingerprint density at radius 3 is 2.47 bits per heavy atom. The molecule has 0 N–H and O–H groups in total. The predicted octanol–water partition coefficient (Wildman–Crippen LogP) is 3.61. The van der Waals surface area contributed by atoms with Crippen molar-refractivity contribution in [3.8, 4) is 16.9 Å². The Morgan fingerprint density at radius 2 is 1.69 bits per heavy atom. The summed E-state index contributed by atoms with van der Waals surface area (Å²) in [6.45, 7) is 6.45. The first-order chi connectivity index (χ1) is 15.6. The number of ether oxygens (including phenoxy) is 2. The first-order valence-electron chi connectivity index (χ1n) is 10.8. The van der Waals surface area contributed by atoms with E-state index in [1.54, 1.807) is 12.1 Å². The van der Waals surface area contributed by atoms with Crippen LogP contribution in [0.2, 0.25) is 0 Å². The van der Waals surface area contributed by atoms with Crippen LogP contribution in [0.3, 0.4) is 0 Å². The molecule has 0 aliphatic carbocycles. The summed E-state index contributed by atoms with van der Waals surface area (Å²) in [6.07, 6.45) is 1.00. The second-order valence-corrected chi connectivity index (χ2v) is 8.20. The van der Waals surface area contributed by atoms with E-state index in [0.29, 0.717) is 30.0 Å². The minimum Gasteiger partial charge on any atom is -0.478 e. The first kappa shape index (κ1) is 21.1. The fraction of sp³-hybridized carbons (Fsp3) is 0.375. The van der Waals surface area contributed by atoms with Crippen molar-refractivity contribution in [3.63, 3.8) is 0 Å². The van der Waals surface area contributed by atoms with Crippen LogP contribution in [-0.2, 0) is 11.3 Å². The van der Waals surface area contributed by atoms with Crippen LogP contribution in [-0.4, -0.2) is 55.9 Å². The molecule has 2 aromatic carbocycles. The van der Waals surface area contributed by atoms with Crippen LogP contribution < -0.4 is 10.4 Å². The molecule has 2 aliphatic heterocycles. The topological polar surface area (TPSA) is 55.2 Å². The molecule has 5 rings (SSSR count). The largest absolute Gasteiger partial charge is 0.478 e. The first-order valence-corrected chi connectivity index (χ1v) is 10.8. The average molecular weight is 442 g/mol. The Bertz CT molecular complexity index is 1170. The maximum Gasteiger partial charge on any atom is 0.344 e. The highest BCUT2D eigenvalue weighted by Gasteiger charge is 2.22. The van der Waals surface area contributed by atoms with Crippen LogP contribution in [0.4, 0.5) is 8.78 Å². The molecular formula is C24H24F2N2O4. The zero-order valence-electron chi connectivity index (χ0n) is 17.6. The van der Waals surface area contributed by atoms with Crippen LogP contribution in [0.25, 0.3) is 22.1 Å². The Balaban J connectivity index is 1.37. The molecule has 0 atom stereocenters. The van der Waals surface area contributed by atoms with Crippen molar-refractivity contribution in [1.29, 1.82) is 0 Å². The summed E-state index contributed by atoms with van der Waals surface area (Å²) in [7, 11) is 0. The molecular weight excluding hydrogens is 418 g/mol. The third kappa shape index (κ3) is 4.39. The molecule has 0 radical (unpaired) electrons. The van der Waals surface area contributed by atoms with Gasteiger partial charge in [-0.1, -0.05) is 0 Å². The highest BCUT2D eigenvalue weighted by Crippen LogP contribution is 2.33. The number of rotatable bonds is 5. The molecule has 3 aromatic rings. The maximum absolute atomic E-state index is 13.6. The van der Waals surface area contributed by atoms with Crippen molar-refractivity contribution in [3.05, 3.63) is 64.0 Å². The SMILES string of the molecule is O=c1oc2c3c(ccc2cc1-c1cc(F)cc(F)c1)OCN(CCCN1CCOCC1)C3. The third-order valence-electron chi connectivity index (χ3n) is 5.97. The number of hydrogen-bond acceptors (Lipinski definition) is 6. The number of halogens is 2. The summed E-state index contributed by atoms with van der Waals surface area (Å²) in [5.74, 6) is -0.799. The van der Waals surface area contributed by atoms with Crippen LogP contribution in [0.1, 0.15) is 12.0 Å². The van der Waals surface area contributed by atoms with Gasteiger partial charge in [0.1, 0.15) is 29.7 Å². The van der Waals surface area contributed by atoms with Gasteiger partial charge < -0.3 is 13.9 Å². The highest BCUT2D eigenvalue weighted by molar-refractivity contribution is 5.86. The standard InChI is InChI=1S/C24H24F2N2O4/c25-18-10-17(11-19(26)13-18)20-12-16-2-3-22-21(23(16)32-24(20)29)14-28(15-31-22)5-1-4-27-6-8-30-9-7-27/h2-3,10-13H,1,4-9,14-15H2. The molecule has 0 bridgehead atoms. The number of hydrogen-bond donors (Lipinski definition) is 0. The molecule has 0 unspecified atom stereocenters.